The maximum absolute atomic E-state index is 11.1. The molecule has 0 bridgehead atoms. The van der Waals surface area contributed by atoms with Crippen LogP contribution in [-0.2, 0) is 4.79 Å². The van der Waals surface area contributed by atoms with E-state index in [1.807, 2.05) is 13.8 Å². The zero-order valence-corrected chi connectivity index (χ0v) is 7.92. The second-order valence-electron chi connectivity index (χ2n) is 2.74. The molecule has 0 rings (SSSR count). The molecule has 0 aliphatic heterocycles. The van der Waals surface area contributed by atoms with Gasteiger partial charge in [0.25, 0.3) is 0 Å². The first-order valence-electron chi connectivity index (χ1n) is 4.21. The van der Waals surface area contributed by atoms with Crippen molar-refractivity contribution >= 4 is 5.91 Å². The highest BCUT2D eigenvalue weighted by atomic mass is 16.3. The highest BCUT2D eigenvalue weighted by molar-refractivity contribution is 5.92. The molecule has 3 nitrogen and oxygen atoms in total. The molecule has 0 aromatic rings. The van der Waals surface area contributed by atoms with Crippen molar-refractivity contribution in [1.29, 1.82) is 0 Å². The molecule has 0 radical (unpaired) electrons. The fraction of sp³-hybridized carbons (Fsp3) is 0.667. The molecule has 12 heavy (non-hydrogen) atoms. The highest BCUT2D eigenvalue weighted by Crippen LogP contribution is 1.92. The van der Waals surface area contributed by atoms with E-state index < -0.39 is 6.10 Å². The molecule has 0 fully saturated rings. The van der Waals surface area contributed by atoms with Gasteiger partial charge in [0.2, 0.25) is 5.91 Å². The molecule has 1 atom stereocenters. The average Bonchev–Trinajstić information content (AvgIpc) is 2.11. The minimum atomic E-state index is -0.432. The molecular weight excluding hydrogens is 154 g/mol. The Morgan fingerprint density at radius 2 is 2.25 bits per heavy atom. The number of allylic oxidation sites excluding steroid dienone is 1. The van der Waals surface area contributed by atoms with Crippen LogP contribution >= 0.6 is 0 Å². The van der Waals surface area contributed by atoms with E-state index in [1.54, 1.807) is 13.0 Å². The monoisotopic (exact) mass is 171 g/mol. The summed E-state index contributed by atoms with van der Waals surface area (Å²) in [6, 6.07) is 0. The van der Waals surface area contributed by atoms with Crippen molar-refractivity contribution in [3.8, 4) is 0 Å². The number of aliphatic hydroxyl groups excluding tert-OH is 1. The average molecular weight is 171 g/mol. The Kier molecular flexibility index (Phi) is 5.37. The zero-order chi connectivity index (χ0) is 9.56. The number of hydrogen-bond donors (Lipinski definition) is 2. The number of hydrogen-bond acceptors (Lipinski definition) is 2. The summed E-state index contributed by atoms with van der Waals surface area (Å²) in [5, 5.41) is 11.8. The molecule has 0 spiro atoms. The first kappa shape index (κ1) is 11.2. The van der Waals surface area contributed by atoms with Crippen molar-refractivity contribution < 1.29 is 9.90 Å². The third kappa shape index (κ3) is 4.13. The third-order valence-corrected chi connectivity index (χ3v) is 1.76. The van der Waals surface area contributed by atoms with Crippen LogP contribution in [0.1, 0.15) is 27.2 Å². The number of aliphatic hydroxyl groups is 1. The third-order valence-electron chi connectivity index (χ3n) is 1.76. The molecule has 0 aromatic carbocycles. The Morgan fingerprint density at radius 3 is 2.67 bits per heavy atom. The number of carbonyl (C=O) groups is 1. The fourth-order valence-electron chi connectivity index (χ4n) is 0.625. The molecule has 0 aromatic heterocycles. The SMILES string of the molecule is CC=C(C)C(=O)NCC(O)CC. The molecule has 3 heteroatoms. The van der Waals surface area contributed by atoms with Gasteiger partial charge in [0.1, 0.15) is 0 Å². The van der Waals surface area contributed by atoms with Crippen LogP contribution in [0.2, 0.25) is 0 Å². The lowest BCUT2D eigenvalue weighted by atomic mass is 10.2. The van der Waals surface area contributed by atoms with Gasteiger partial charge in [0, 0.05) is 12.1 Å². The number of amides is 1. The molecule has 1 amide bonds. The van der Waals surface area contributed by atoms with Gasteiger partial charge in [-0.1, -0.05) is 13.0 Å². The van der Waals surface area contributed by atoms with Crippen LogP contribution in [0.5, 0.6) is 0 Å². The van der Waals surface area contributed by atoms with Crippen LogP contribution in [0, 0.1) is 0 Å². The summed E-state index contributed by atoms with van der Waals surface area (Å²) in [5.41, 5.74) is 0.679. The van der Waals surface area contributed by atoms with E-state index in [4.69, 9.17) is 5.11 Å². The minimum absolute atomic E-state index is 0.106. The number of rotatable bonds is 4. The Balaban J connectivity index is 3.72. The van der Waals surface area contributed by atoms with Crippen LogP contribution in [0.15, 0.2) is 11.6 Å². The molecule has 0 heterocycles. The largest absolute Gasteiger partial charge is 0.391 e. The number of nitrogens with one attached hydrogen (secondary N) is 1. The van der Waals surface area contributed by atoms with E-state index in [9.17, 15) is 4.79 Å². The van der Waals surface area contributed by atoms with Crippen molar-refractivity contribution in [2.75, 3.05) is 6.54 Å². The molecule has 70 valence electrons. The summed E-state index contributed by atoms with van der Waals surface area (Å²) >= 11 is 0. The molecular formula is C9H17NO2. The van der Waals surface area contributed by atoms with E-state index in [1.165, 1.54) is 0 Å². The molecule has 0 aliphatic rings. The Hall–Kier alpha value is -0.830. The van der Waals surface area contributed by atoms with Gasteiger partial charge in [0.05, 0.1) is 6.10 Å². The summed E-state index contributed by atoms with van der Waals surface area (Å²) in [4.78, 5) is 11.1. The molecule has 0 aliphatic carbocycles. The number of carbonyl (C=O) groups excluding carboxylic acids is 1. The van der Waals surface area contributed by atoms with Crippen LogP contribution in [-0.4, -0.2) is 23.7 Å². The van der Waals surface area contributed by atoms with Gasteiger partial charge in [-0.05, 0) is 20.3 Å². The van der Waals surface area contributed by atoms with Crippen LogP contribution in [0.25, 0.3) is 0 Å². The molecule has 0 saturated carbocycles. The summed E-state index contributed by atoms with van der Waals surface area (Å²) in [7, 11) is 0. The van der Waals surface area contributed by atoms with Crippen molar-refractivity contribution in [3.63, 3.8) is 0 Å². The van der Waals surface area contributed by atoms with E-state index in [0.29, 0.717) is 18.5 Å². The summed E-state index contributed by atoms with van der Waals surface area (Å²) < 4.78 is 0. The lowest BCUT2D eigenvalue weighted by molar-refractivity contribution is -0.117. The van der Waals surface area contributed by atoms with Gasteiger partial charge >= 0.3 is 0 Å². The Labute approximate surface area is 73.5 Å². The summed E-state index contributed by atoms with van der Waals surface area (Å²) in [6.07, 6.45) is 1.97. The van der Waals surface area contributed by atoms with Crippen LogP contribution in [0.4, 0.5) is 0 Å². The first-order chi connectivity index (χ1) is 5.61. The highest BCUT2D eigenvalue weighted by Gasteiger charge is 2.05. The lowest BCUT2D eigenvalue weighted by Crippen LogP contribution is -2.32. The van der Waals surface area contributed by atoms with Gasteiger partial charge in [0.15, 0.2) is 0 Å². The van der Waals surface area contributed by atoms with Crippen LogP contribution < -0.4 is 5.32 Å². The molecule has 1 unspecified atom stereocenters. The van der Waals surface area contributed by atoms with Crippen molar-refractivity contribution in [1.82, 2.24) is 5.32 Å². The normalized spacial score (nSPS) is 14.2. The van der Waals surface area contributed by atoms with Gasteiger partial charge in [-0.25, -0.2) is 0 Å². The van der Waals surface area contributed by atoms with Gasteiger partial charge < -0.3 is 10.4 Å². The summed E-state index contributed by atoms with van der Waals surface area (Å²) in [5.74, 6) is -0.106. The second kappa shape index (κ2) is 5.77. The maximum atomic E-state index is 11.1. The van der Waals surface area contributed by atoms with Gasteiger partial charge in [-0.3, -0.25) is 4.79 Å². The van der Waals surface area contributed by atoms with Crippen LogP contribution in [0.3, 0.4) is 0 Å². The topological polar surface area (TPSA) is 49.3 Å². The van der Waals surface area contributed by atoms with E-state index in [2.05, 4.69) is 5.32 Å². The second-order valence-corrected chi connectivity index (χ2v) is 2.74. The lowest BCUT2D eigenvalue weighted by Gasteiger charge is -2.08. The zero-order valence-electron chi connectivity index (χ0n) is 7.92. The standard InChI is InChI=1S/C9H17NO2/c1-4-7(3)9(12)10-6-8(11)5-2/h4,8,11H,5-6H2,1-3H3,(H,10,12). The van der Waals surface area contributed by atoms with Crippen molar-refractivity contribution in [2.24, 2.45) is 0 Å². The van der Waals surface area contributed by atoms with E-state index in [-0.39, 0.29) is 5.91 Å². The van der Waals surface area contributed by atoms with Gasteiger partial charge in [-0.15, -0.1) is 0 Å². The first-order valence-corrected chi connectivity index (χ1v) is 4.21. The quantitative estimate of drug-likeness (QED) is 0.616. The predicted molar refractivity (Wildman–Crippen MR) is 48.7 cm³/mol. The Bertz CT molecular complexity index is 175. The summed E-state index contributed by atoms with van der Waals surface area (Å²) in [6.45, 7) is 5.76. The molecule has 2 N–H and O–H groups in total. The maximum Gasteiger partial charge on any atom is 0.246 e. The van der Waals surface area contributed by atoms with E-state index in [0.717, 1.165) is 0 Å². The van der Waals surface area contributed by atoms with Crippen molar-refractivity contribution in [3.05, 3.63) is 11.6 Å². The smallest absolute Gasteiger partial charge is 0.246 e. The van der Waals surface area contributed by atoms with Gasteiger partial charge in [-0.2, -0.15) is 0 Å². The predicted octanol–water partition coefficient (Wildman–Crippen LogP) is 0.840. The molecule has 0 saturated heterocycles. The van der Waals surface area contributed by atoms with E-state index >= 15 is 0 Å². The minimum Gasteiger partial charge on any atom is -0.391 e. The Morgan fingerprint density at radius 1 is 1.67 bits per heavy atom. The fourth-order valence-corrected chi connectivity index (χ4v) is 0.625. The van der Waals surface area contributed by atoms with Crippen molar-refractivity contribution in [2.45, 2.75) is 33.3 Å².